The first-order chi connectivity index (χ1) is 8.67. The Kier molecular flexibility index (Phi) is 6.99. The van der Waals surface area contributed by atoms with Crippen LogP contribution in [-0.2, 0) is 0 Å². The van der Waals surface area contributed by atoms with Crippen LogP contribution in [0.4, 0.5) is 0 Å². The molecular formula is C16H28N2. The number of likely N-dealkylation sites (N-methyl/N-ethyl adjacent to an activating group) is 1. The molecule has 0 saturated heterocycles. The van der Waals surface area contributed by atoms with E-state index >= 15 is 0 Å². The molecule has 0 aromatic heterocycles. The molecule has 0 radical (unpaired) electrons. The summed E-state index contributed by atoms with van der Waals surface area (Å²) >= 11 is 0. The van der Waals surface area contributed by atoms with E-state index < -0.39 is 0 Å². The van der Waals surface area contributed by atoms with Gasteiger partial charge in [-0.05, 0) is 32.5 Å². The molecule has 1 rings (SSSR count). The third-order valence-corrected chi connectivity index (χ3v) is 3.32. The summed E-state index contributed by atoms with van der Waals surface area (Å²) in [5.74, 6) is 0. The lowest BCUT2D eigenvalue weighted by Crippen LogP contribution is -2.37. The molecule has 102 valence electrons. The van der Waals surface area contributed by atoms with Crippen LogP contribution < -0.4 is 5.32 Å². The molecule has 1 aromatic carbocycles. The highest BCUT2D eigenvalue weighted by Crippen LogP contribution is 2.16. The Hall–Kier alpha value is -0.860. The zero-order valence-electron chi connectivity index (χ0n) is 12.3. The Labute approximate surface area is 112 Å². The molecule has 0 aliphatic heterocycles. The van der Waals surface area contributed by atoms with Gasteiger partial charge in [0.1, 0.15) is 0 Å². The fraction of sp³-hybridized carbons (Fsp3) is 0.625. The van der Waals surface area contributed by atoms with E-state index in [0.29, 0.717) is 12.1 Å². The Morgan fingerprint density at radius 1 is 1.11 bits per heavy atom. The van der Waals surface area contributed by atoms with Crippen molar-refractivity contribution in [2.45, 2.75) is 45.2 Å². The number of hydrogen-bond acceptors (Lipinski definition) is 2. The molecule has 0 spiro atoms. The lowest BCUT2D eigenvalue weighted by atomic mass is 10.0. The van der Waals surface area contributed by atoms with Crippen molar-refractivity contribution < 1.29 is 0 Å². The molecule has 2 atom stereocenters. The van der Waals surface area contributed by atoms with Gasteiger partial charge in [-0.25, -0.2) is 0 Å². The number of hydrogen-bond donors (Lipinski definition) is 1. The lowest BCUT2D eigenvalue weighted by molar-refractivity contribution is 0.309. The van der Waals surface area contributed by atoms with Crippen LogP contribution in [0.5, 0.6) is 0 Å². The van der Waals surface area contributed by atoms with E-state index in [1.165, 1.54) is 24.8 Å². The minimum Gasteiger partial charge on any atom is -0.308 e. The van der Waals surface area contributed by atoms with E-state index in [9.17, 15) is 0 Å². The summed E-state index contributed by atoms with van der Waals surface area (Å²) in [4.78, 5) is 2.25. The third kappa shape index (κ3) is 5.19. The van der Waals surface area contributed by atoms with Gasteiger partial charge in [0.2, 0.25) is 0 Å². The van der Waals surface area contributed by atoms with Crippen LogP contribution in [-0.4, -0.2) is 31.6 Å². The molecule has 2 nitrogen and oxygen atoms in total. The molecule has 0 saturated carbocycles. The van der Waals surface area contributed by atoms with Gasteiger partial charge in [0, 0.05) is 18.6 Å². The maximum Gasteiger partial charge on any atom is 0.0451 e. The van der Waals surface area contributed by atoms with Crippen LogP contribution >= 0.6 is 0 Å². The molecule has 0 aliphatic rings. The van der Waals surface area contributed by atoms with Crippen LogP contribution in [0.1, 0.15) is 44.7 Å². The van der Waals surface area contributed by atoms with Crippen molar-refractivity contribution in [3.8, 4) is 0 Å². The molecule has 2 heteroatoms. The normalized spacial score (nSPS) is 14.7. The van der Waals surface area contributed by atoms with Gasteiger partial charge in [-0.1, -0.05) is 50.6 Å². The van der Waals surface area contributed by atoms with Gasteiger partial charge in [-0.3, -0.25) is 0 Å². The summed E-state index contributed by atoms with van der Waals surface area (Å²) in [7, 11) is 4.27. The van der Waals surface area contributed by atoms with Crippen molar-refractivity contribution in [2.75, 3.05) is 20.6 Å². The Morgan fingerprint density at radius 2 is 1.78 bits per heavy atom. The molecule has 0 bridgehead atoms. The second-order valence-corrected chi connectivity index (χ2v) is 5.29. The highest BCUT2D eigenvalue weighted by molar-refractivity contribution is 5.19. The van der Waals surface area contributed by atoms with Gasteiger partial charge in [0.25, 0.3) is 0 Å². The summed E-state index contributed by atoms with van der Waals surface area (Å²) in [6, 6.07) is 11.8. The second kappa shape index (κ2) is 8.28. The average Bonchev–Trinajstić information content (AvgIpc) is 2.37. The van der Waals surface area contributed by atoms with Gasteiger partial charge in [0.15, 0.2) is 0 Å². The van der Waals surface area contributed by atoms with Crippen LogP contribution in [0.25, 0.3) is 0 Å². The topological polar surface area (TPSA) is 15.3 Å². The first kappa shape index (κ1) is 15.2. The molecule has 18 heavy (non-hydrogen) atoms. The largest absolute Gasteiger partial charge is 0.308 e. The molecule has 0 heterocycles. The standard InChI is InChI=1S/C16H28N2/c1-5-10-15(6-2)17-16(13-18(3)4)14-11-8-7-9-12-14/h7-9,11-12,15-17H,5-6,10,13H2,1-4H3. The number of benzene rings is 1. The highest BCUT2D eigenvalue weighted by atomic mass is 15.1. The van der Waals surface area contributed by atoms with Crippen LogP contribution in [0.2, 0.25) is 0 Å². The zero-order chi connectivity index (χ0) is 13.4. The highest BCUT2D eigenvalue weighted by Gasteiger charge is 2.15. The fourth-order valence-electron chi connectivity index (χ4n) is 2.34. The SMILES string of the molecule is CCCC(CC)NC(CN(C)C)c1ccccc1. The van der Waals surface area contributed by atoms with Crippen molar-refractivity contribution in [3.05, 3.63) is 35.9 Å². The Bertz CT molecular complexity index is 308. The number of nitrogens with one attached hydrogen (secondary N) is 1. The predicted octanol–water partition coefficient (Wildman–Crippen LogP) is 3.46. The predicted molar refractivity (Wildman–Crippen MR) is 79.9 cm³/mol. The van der Waals surface area contributed by atoms with Crippen LogP contribution in [0, 0.1) is 0 Å². The second-order valence-electron chi connectivity index (χ2n) is 5.29. The molecule has 1 aromatic rings. The first-order valence-corrected chi connectivity index (χ1v) is 7.13. The maximum atomic E-state index is 3.81. The first-order valence-electron chi connectivity index (χ1n) is 7.13. The van der Waals surface area contributed by atoms with Gasteiger partial charge in [-0.15, -0.1) is 0 Å². The summed E-state index contributed by atoms with van der Waals surface area (Å²) in [6.07, 6.45) is 3.70. The van der Waals surface area contributed by atoms with E-state index in [0.717, 1.165) is 6.54 Å². The van der Waals surface area contributed by atoms with E-state index in [1.54, 1.807) is 0 Å². The van der Waals surface area contributed by atoms with Crippen LogP contribution in [0.15, 0.2) is 30.3 Å². The number of rotatable bonds is 8. The molecule has 0 fully saturated rings. The third-order valence-electron chi connectivity index (χ3n) is 3.32. The van der Waals surface area contributed by atoms with Crippen molar-refractivity contribution in [1.29, 1.82) is 0 Å². The van der Waals surface area contributed by atoms with Crippen molar-refractivity contribution in [1.82, 2.24) is 10.2 Å². The molecular weight excluding hydrogens is 220 g/mol. The van der Waals surface area contributed by atoms with E-state index in [1.807, 2.05) is 0 Å². The fourth-order valence-corrected chi connectivity index (χ4v) is 2.34. The summed E-state index contributed by atoms with van der Waals surface area (Å²) < 4.78 is 0. The van der Waals surface area contributed by atoms with Gasteiger partial charge < -0.3 is 10.2 Å². The van der Waals surface area contributed by atoms with Crippen molar-refractivity contribution in [2.24, 2.45) is 0 Å². The Balaban J connectivity index is 2.72. The smallest absolute Gasteiger partial charge is 0.0451 e. The number of nitrogens with zero attached hydrogens (tertiary/aromatic N) is 1. The summed E-state index contributed by atoms with van der Waals surface area (Å²) in [5, 5.41) is 3.81. The van der Waals surface area contributed by atoms with Gasteiger partial charge in [0.05, 0.1) is 0 Å². The van der Waals surface area contributed by atoms with Gasteiger partial charge in [-0.2, -0.15) is 0 Å². The Morgan fingerprint density at radius 3 is 2.28 bits per heavy atom. The molecule has 1 N–H and O–H groups in total. The lowest BCUT2D eigenvalue weighted by Gasteiger charge is -2.27. The maximum absolute atomic E-state index is 3.81. The minimum atomic E-state index is 0.428. The monoisotopic (exact) mass is 248 g/mol. The summed E-state index contributed by atoms with van der Waals surface area (Å²) in [5.41, 5.74) is 1.39. The molecule has 0 amide bonds. The summed E-state index contributed by atoms with van der Waals surface area (Å²) in [6.45, 7) is 5.57. The van der Waals surface area contributed by atoms with Gasteiger partial charge >= 0.3 is 0 Å². The average molecular weight is 248 g/mol. The minimum absolute atomic E-state index is 0.428. The molecule has 2 unspecified atom stereocenters. The zero-order valence-corrected chi connectivity index (χ0v) is 12.3. The van der Waals surface area contributed by atoms with E-state index in [-0.39, 0.29) is 0 Å². The van der Waals surface area contributed by atoms with Crippen molar-refractivity contribution in [3.63, 3.8) is 0 Å². The quantitative estimate of drug-likeness (QED) is 0.758. The van der Waals surface area contributed by atoms with E-state index in [2.05, 4.69) is 68.5 Å². The van der Waals surface area contributed by atoms with Crippen LogP contribution in [0.3, 0.4) is 0 Å². The van der Waals surface area contributed by atoms with E-state index in [4.69, 9.17) is 0 Å². The van der Waals surface area contributed by atoms with Crippen molar-refractivity contribution >= 4 is 0 Å². The molecule has 0 aliphatic carbocycles.